The molecule has 0 fully saturated rings. The van der Waals surface area contributed by atoms with E-state index in [1.165, 1.54) is 0 Å². The average Bonchev–Trinajstić information content (AvgIpc) is 2.26. The molecular formula is C12H15NO. The normalized spacial score (nSPS) is 14.4. The number of aliphatic hydroxyl groups excluding tert-OH is 1. The molecule has 0 heterocycles. The van der Waals surface area contributed by atoms with Gasteiger partial charge in [-0.3, -0.25) is 0 Å². The van der Waals surface area contributed by atoms with E-state index in [9.17, 15) is 0 Å². The minimum absolute atomic E-state index is 0.0988. The smallest absolute Gasteiger partial charge is 0.0716 e. The van der Waals surface area contributed by atoms with Crippen LogP contribution in [0.15, 0.2) is 30.3 Å². The van der Waals surface area contributed by atoms with Gasteiger partial charge in [0.05, 0.1) is 12.0 Å². The molecule has 0 saturated carbocycles. The number of aliphatic hydroxyl groups is 1. The van der Waals surface area contributed by atoms with E-state index in [1.54, 1.807) is 0 Å². The van der Waals surface area contributed by atoms with Crippen molar-refractivity contribution in [1.82, 2.24) is 0 Å². The summed E-state index contributed by atoms with van der Waals surface area (Å²) in [6, 6.07) is 12.0. The van der Waals surface area contributed by atoms with Crippen LogP contribution in [-0.4, -0.2) is 11.7 Å². The van der Waals surface area contributed by atoms with Crippen molar-refractivity contribution >= 4 is 0 Å². The van der Waals surface area contributed by atoms with E-state index >= 15 is 0 Å². The summed E-state index contributed by atoms with van der Waals surface area (Å²) in [7, 11) is 0. The van der Waals surface area contributed by atoms with E-state index in [0.29, 0.717) is 0 Å². The molecule has 1 aromatic rings. The molecule has 0 aliphatic rings. The van der Waals surface area contributed by atoms with Gasteiger partial charge in [0, 0.05) is 6.61 Å². The summed E-state index contributed by atoms with van der Waals surface area (Å²) in [5, 5.41) is 17.9. The molecule has 0 aromatic heterocycles. The van der Waals surface area contributed by atoms with Crippen LogP contribution in [0.3, 0.4) is 0 Å². The molecule has 2 nitrogen and oxygen atoms in total. The van der Waals surface area contributed by atoms with Gasteiger partial charge < -0.3 is 5.11 Å². The predicted octanol–water partition coefficient (Wildman–Crippen LogP) is 2.31. The third-order valence-electron chi connectivity index (χ3n) is 2.31. The summed E-state index contributed by atoms with van der Waals surface area (Å²) in [6.45, 7) is 2.10. The maximum atomic E-state index is 8.99. The van der Waals surface area contributed by atoms with Crippen LogP contribution in [0.4, 0.5) is 0 Å². The van der Waals surface area contributed by atoms with Gasteiger partial charge >= 0.3 is 0 Å². The third kappa shape index (κ3) is 2.86. The van der Waals surface area contributed by atoms with Crippen LogP contribution < -0.4 is 0 Å². The molecule has 1 rings (SSSR count). The van der Waals surface area contributed by atoms with Crippen LogP contribution in [0.1, 0.15) is 24.8 Å². The summed E-state index contributed by atoms with van der Waals surface area (Å²) in [4.78, 5) is 0. The monoisotopic (exact) mass is 189 g/mol. The molecule has 0 radical (unpaired) electrons. The van der Waals surface area contributed by atoms with Gasteiger partial charge in [0.25, 0.3) is 0 Å². The summed E-state index contributed by atoms with van der Waals surface area (Å²) in [5.74, 6) is 0.0817. The zero-order chi connectivity index (χ0) is 10.4. The van der Waals surface area contributed by atoms with E-state index in [4.69, 9.17) is 10.4 Å². The SMILES string of the molecule is CC(CO)CC(C#N)c1ccccc1. The Balaban J connectivity index is 2.69. The second-order valence-electron chi connectivity index (χ2n) is 3.62. The second-order valence-corrected chi connectivity index (χ2v) is 3.62. The van der Waals surface area contributed by atoms with Crippen LogP contribution >= 0.6 is 0 Å². The van der Waals surface area contributed by atoms with Crippen molar-refractivity contribution in [1.29, 1.82) is 5.26 Å². The molecule has 0 amide bonds. The Hall–Kier alpha value is -1.33. The Morgan fingerprint density at radius 2 is 2.00 bits per heavy atom. The molecular weight excluding hydrogens is 174 g/mol. The van der Waals surface area contributed by atoms with Crippen LogP contribution in [0.2, 0.25) is 0 Å². The Morgan fingerprint density at radius 1 is 1.36 bits per heavy atom. The Kier molecular flexibility index (Phi) is 4.15. The minimum Gasteiger partial charge on any atom is -0.396 e. The van der Waals surface area contributed by atoms with Crippen molar-refractivity contribution in [3.8, 4) is 6.07 Å². The highest BCUT2D eigenvalue weighted by atomic mass is 16.3. The topological polar surface area (TPSA) is 44.0 Å². The van der Waals surface area contributed by atoms with E-state index in [1.807, 2.05) is 37.3 Å². The minimum atomic E-state index is -0.0988. The summed E-state index contributed by atoms with van der Waals surface area (Å²) < 4.78 is 0. The fraction of sp³-hybridized carbons (Fsp3) is 0.417. The summed E-state index contributed by atoms with van der Waals surface area (Å²) >= 11 is 0. The van der Waals surface area contributed by atoms with Crippen LogP contribution in [0, 0.1) is 17.2 Å². The Morgan fingerprint density at radius 3 is 2.50 bits per heavy atom. The molecule has 0 aliphatic carbocycles. The van der Waals surface area contributed by atoms with Gasteiger partial charge in [0.15, 0.2) is 0 Å². The standard InChI is InChI=1S/C12H15NO/c1-10(9-14)7-12(8-13)11-5-3-2-4-6-11/h2-6,10,12,14H,7,9H2,1H3. The van der Waals surface area contributed by atoms with E-state index in [-0.39, 0.29) is 18.4 Å². The predicted molar refractivity (Wildman–Crippen MR) is 55.7 cm³/mol. The number of hydrogen-bond acceptors (Lipinski definition) is 2. The van der Waals surface area contributed by atoms with Crippen molar-refractivity contribution in [3.63, 3.8) is 0 Å². The second kappa shape index (κ2) is 5.41. The fourth-order valence-corrected chi connectivity index (χ4v) is 1.43. The van der Waals surface area contributed by atoms with Crippen molar-refractivity contribution in [2.24, 2.45) is 5.92 Å². The molecule has 0 aliphatic heterocycles. The molecule has 2 atom stereocenters. The maximum Gasteiger partial charge on any atom is 0.0716 e. The van der Waals surface area contributed by atoms with Gasteiger partial charge in [-0.25, -0.2) is 0 Å². The highest BCUT2D eigenvalue weighted by Crippen LogP contribution is 2.22. The molecule has 0 spiro atoms. The van der Waals surface area contributed by atoms with E-state index in [0.717, 1.165) is 12.0 Å². The fourth-order valence-electron chi connectivity index (χ4n) is 1.43. The third-order valence-corrected chi connectivity index (χ3v) is 2.31. The van der Waals surface area contributed by atoms with Crippen molar-refractivity contribution < 1.29 is 5.11 Å². The number of rotatable bonds is 4. The lowest BCUT2D eigenvalue weighted by Crippen LogP contribution is -2.06. The quantitative estimate of drug-likeness (QED) is 0.789. The Bertz CT molecular complexity index is 302. The van der Waals surface area contributed by atoms with Gasteiger partial charge in [0.2, 0.25) is 0 Å². The highest BCUT2D eigenvalue weighted by molar-refractivity contribution is 5.24. The number of nitriles is 1. The number of nitrogens with zero attached hydrogens (tertiary/aromatic N) is 1. The van der Waals surface area contributed by atoms with Crippen LogP contribution in [-0.2, 0) is 0 Å². The van der Waals surface area contributed by atoms with Crippen molar-refractivity contribution in [3.05, 3.63) is 35.9 Å². The highest BCUT2D eigenvalue weighted by Gasteiger charge is 2.13. The number of benzene rings is 1. The Labute approximate surface area is 84.8 Å². The molecule has 0 saturated heterocycles. The van der Waals surface area contributed by atoms with Crippen molar-refractivity contribution in [2.45, 2.75) is 19.3 Å². The largest absolute Gasteiger partial charge is 0.396 e. The van der Waals surface area contributed by atoms with Crippen molar-refractivity contribution in [2.75, 3.05) is 6.61 Å². The van der Waals surface area contributed by atoms with Gasteiger partial charge in [-0.2, -0.15) is 5.26 Å². The first kappa shape index (κ1) is 10.7. The van der Waals surface area contributed by atoms with E-state index < -0.39 is 0 Å². The van der Waals surface area contributed by atoms with E-state index in [2.05, 4.69) is 6.07 Å². The lowest BCUT2D eigenvalue weighted by Gasteiger charge is -2.13. The van der Waals surface area contributed by atoms with Gasteiger partial charge in [-0.05, 0) is 17.9 Å². The molecule has 74 valence electrons. The van der Waals surface area contributed by atoms with Crippen LogP contribution in [0.5, 0.6) is 0 Å². The first-order valence-electron chi connectivity index (χ1n) is 4.83. The first-order valence-corrected chi connectivity index (χ1v) is 4.83. The maximum absolute atomic E-state index is 8.99. The van der Waals surface area contributed by atoms with Crippen LogP contribution in [0.25, 0.3) is 0 Å². The van der Waals surface area contributed by atoms with Gasteiger partial charge in [-0.15, -0.1) is 0 Å². The summed E-state index contributed by atoms with van der Waals surface area (Å²) in [6.07, 6.45) is 0.719. The van der Waals surface area contributed by atoms with Gasteiger partial charge in [-0.1, -0.05) is 37.3 Å². The lowest BCUT2D eigenvalue weighted by molar-refractivity contribution is 0.227. The number of hydrogen-bond donors (Lipinski definition) is 1. The zero-order valence-electron chi connectivity index (χ0n) is 8.35. The summed E-state index contributed by atoms with van der Waals surface area (Å²) in [5.41, 5.74) is 1.04. The first-order chi connectivity index (χ1) is 6.77. The molecule has 2 unspecified atom stereocenters. The molecule has 0 bridgehead atoms. The zero-order valence-corrected chi connectivity index (χ0v) is 8.35. The molecule has 1 aromatic carbocycles. The molecule has 2 heteroatoms. The average molecular weight is 189 g/mol. The van der Waals surface area contributed by atoms with Gasteiger partial charge in [0.1, 0.15) is 0 Å². The molecule has 14 heavy (non-hydrogen) atoms. The lowest BCUT2D eigenvalue weighted by atomic mass is 9.91. The molecule has 1 N–H and O–H groups in total.